The topological polar surface area (TPSA) is 37.3 Å². The maximum Gasteiger partial charge on any atom is 0.243 e. The van der Waals surface area contributed by atoms with Crippen LogP contribution in [0.5, 0.6) is 0 Å². The van der Waals surface area contributed by atoms with Gasteiger partial charge in [0.1, 0.15) is 0 Å². The van der Waals surface area contributed by atoms with E-state index in [-0.39, 0.29) is 11.6 Å². The smallest absolute Gasteiger partial charge is 0.243 e. The zero-order valence-electron chi connectivity index (χ0n) is 13.5. The Morgan fingerprint density at radius 1 is 1.43 bits per heavy atom. The van der Waals surface area contributed by atoms with Gasteiger partial charge in [0.2, 0.25) is 5.91 Å². The maximum atomic E-state index is 13.2. The van der Waals surface area contributed by atoms with Crippen LogP contribution in [0, 0.1) is 6.92 Å². The molecule has 1 saturated heterocycles. The first-order chi connectivity index (χ1) is 10.1. The van der Waals surface area contributed by atoms with Crippen LogP contribution in [-0.4, -0.2) is 34.0 Å². The van der Waals surface area contributed by atoms with E-state index in [1.54, 1.807) is 0 Å². The molecule has 2 atom stereocenters. The van der Waals surface area contributed by atoms with Crippen molar-refractivity contribution in [2.75, 3.05) is 13.1 Å². The molecule has 0 spiro atoms. The average Bonchev–Trinajstić information content (AvgIpc) is 3.08. The number of rotatable bonds is 3. The Morgan fingerprint density at radius 2 is 2.24 bits per heavy atom. The molecule has 1 N–H and O–H groups in total. The van der Waals surface area contributed by atoms with Crippen molar-refractivity contribution in [3.63, 3.8) is 0 Å². The highest BCUT2D eigenvalue weighted by molar-refractivity contribution is 5.87. The van der Waals surface area contributed by atoms with Gasteiger partial charge in [-0.1, -0.05) is 13.3 Å². The molecule has 1 fully saturated rings. The second-order valence-corrected chi connectivity index (χ2v) is 6.59. The third-order valence-electron chi connectivity index (χ3n) is 5.28. The summed E-state index contributed by atoms with van der Waals surface area (Å²) in [5.41, 5.74) is 2.27. The lowest BCUT2D eigenvalue weighted by Crippen LogP contribution is -2.57. The van der Waals surface area contributed by atoms with Crippen molar-refractivity contribution in [2.24, 2.45) is 0 Å². The predicted octanol–water partition coefficient (Wildman–Crippen LogP) is 2.62. The molecule has 1 amide bonds. The number of amides is 1. The van der Waals surface area contributed by atoms with E-state index in [0.717, 1.165) is 45.3 Å². The summed E-state index contributed by atoms with van der Waals surface area (Å²) in [5, 5.41) is 3.52. The second kappa shape index (κ2) is 5.48. The molecule has 4 nitrogen and oxygen atoms in total. The van der Waals surface area contributed by atoms with Gasteiger partial charge in [-0.2, -0.15) is 0 Å². The van der Waals surface area contributed by atoms with E-state index >= 15 is 0 Å². The van der Waals surface area contributed by atoms with E-state index in [9.17, 15) is 4.79 Å². The third-order valence-corrected chi connectivity index (χ3v) is 5.28. The van der Waals surface area contributed by atoms with Gasteiger partial charge in [-0.25, -0.2) is 0 Å². The Morgan fingerprint density at radius 3 is 2.90 bits per heavy atom. The highest BCUT2D eigenvalue weighted by atomic mass is 16.2. The maximum absolute atomic E-state index is 13.2. The molecule has 116 valence electrons. The van der Waals surface area contributed by atoms with Crippen molar-refractivity contribution in [1.82, 2.24) is 14.8 Å². The van der Waals surface area contributed by atoms with Crippen LogP contribution < -0.4 is 5.32 Å². The number of nitrogens with one attached hydrogen (secondary N) is 1. The van der Waals surface area contributed by atoms with Gasteiger partial charge in [0, 0.05) is 24.5 Å². The number of carbonyl (C=O) groups excluding carboxylic acids is 1. The first kappa shape index (κ1) is 14.6. The zero-order chi connectivity index (χ0) is 15.0. The zero-order valence-corrected chi connectivity index (χ0v) is 13.5. The van der Waals surface area contributed by atoms with Crippen LogP contribution in [0.25, 0.3) is 0 Å². The van der Waals surface area contributed by atoms with E-state index in [1.165, 1.54) is 11.4 Å². The summed E-state index contributed by atoms with van der Waals surface area (Å²) in [4.78, 5) is 15.3. The van der Waals surface area contributed by atoms with Gasteiger partial charge >= 0.3 is 0 Å². The third kappa shape index (κ3) is 2.30. The molecule has 1 aromatic rings. The van der Waals surface area contributed by atoms with Gasteiger partial charge in [0.25, 0.3) is 0 Å². The van der Waals surface area contributed by atoms with Crippen LogP contribution in [0.2, 0.25) is 0 Å². The number of aromatic nitrogens is 1. The quantitative estimate of drug-likeness (QED) is 0.929. The minimum Gasteiger partial charge on any atom is -0.345 e. The number of carbonyl (C=O) groups is 1. The highest BCUT2D eigenvalue weighted by Gasteiger charge is 2.44. The molecule has 0 bridgehead atoms. The van der Waals surface area contributed by atoms with Gasteiger partial charge in [-0.05, 0) is 51.8 Å². The standard InChI is InChI=1S/C17H27N3O/c1-4-8-17(9-5-10-18-17)16(21)20-12-11-19-13(2)6-7-15(19)14(20)3/h6-7,14,18H,4-5,8-12H2,1-3H3. The summed E-state index contributed by atoms with van der Waals surface area (Å²) in [6.45, 7) is 9.20. The molecule has 1 aromatic heterocycles. The summed E-state index contributed by atoms with van der Waals surface area (Å²) in [7, 11) is 0. The Labute approximate surface area is 127 Å². The van der Waals surface area contributed by atoms with Crippen LogP contribution in [0.4, 0.5) is 0 Å². The molecule has 0 saturated carbocycles. The monoisotopic (exact) mass is 289 g/mol. The number of hydrogen-bond donors (Lipinski definition) is 1. The minimum absolute atomic E-state index is 0.177. The normalized spacial score (nSPS) is 28.7. The van der Waals surface area contributed by atoms with Crippen molar-refractivity contribution in [3.05, 3.63) is 23.5 Å². The summed E-state index contributed by atoms with van der Waals surface area (Å²) in [6.07, 6.45) is 4.11. The molecular weight excluding hydrogens is 262 g/mol. The molecule has 2 aliphatic heterocycles. The Balaban J connectivity index is 1.85. The summed E-state index contributed by atoms with van der Waals surface area (Å²) in [6, 6.07) is 4.51. The minimum atomic E-state index is -0.299. The summed E-state index contributed by atoms with van der Waals surface area (Å²) < 4.78 is 2.35. The SMILES string of the molecule is CCCC1(C(=O)N2CCn3c(C)ccc3C2C)CCCN1. The lowest BCUT2D eigenvalue weighted by molar-refractivity contribution is -0.141. The summed E-state index contributed by atoms with van der Waals surface area (Å²) in [5.74, 6) is 0.319. The molecule has 0 aromatic carbocycles. The van der Waals surface area contributed by atoms with Crippen molar-refractivity contribution in [1.29, 1.82) is 0 Å². The van der Waals surface area contributed by atoms with Crippen LogP contribution in [0.3, 0.4) is 0 Å². The van der Waals surface area contributed by atoms with E-state index in [4.69, 9.17) is 0 Å². The number of nitrogens with zero attached hydrogens (tertiary/aromatic N) is 2. The number of aryl methyl sites for hydroxylation is 1. The van der Waals surface area contributed by atoms with Crippen LogP contribution >= 0.6 is 0 Å². The van der Waals surface area contributed by atoms with Gasteiger partial charge in [-0.15, -0.1) is 0 Å². The molecule has 2 unspecified atom stereocenters. The van der Waals surface area contributed by atoms with E-state index in [2.05, 4.69) is 47.7 Å². The fraction of sp³-hybridized carbons (Fsp3) is 0.706. The molecule has 0 aliphatic carbocycles. The summed E-state index contributed by atoms with van der Waals surface area (Å²) >= 11 is 0. The number of fused-ring (bicyclic) bond motifs is 1. The molecule has 21 heavy (non-hydrogen) atoms. The Bertz CT molecular complexity index is 528. The molecule has 2 aliphatic rings. The van der Waals surface area contributed by atoms with Crippen molar-refractivity contribution in [2.45, 2.75) is 64.6 Å². The molecule has 3 rings (SSSR count). The highest BCUT2D eigenvalue weighted by Crippen LogP contribution is 2.33. The molecular formula is C17H27N3O. The predicted molar refractivity (Wildman–Crippen MR) is 84.2 cm³/mol. The van der Waals surface area contributed by atoms with E-state index in [1.807, 2.05) is 0 Å². The fourth-order valence-electron chi connectivity index (χ4n) is 4.11. The van der Waals surface area contributed by atoms with Gasteiger partial charge in [-0.3, -0.25) is 4.79 Å². The molecule has 4 heteroatoms. The largest absolute Gasteiger partial charge is 0.345 e. The van der Waals surface area contributed by atoms with Gasteiger partial charge in [0.05, 0.1) is 11.6 Å². The van der Waals surface area contributed by atoms with Crippen molar-refractivity contribution in [3.8, 4) is 0 Å². The van der Waals surface area contributed by atoms with Gasteiger partial charge < -0.3 is 14.8 Å². The first-order valence-electron chi connectivity index (χ1n) is 8.31. The van der Waals surface area contributed by atoms with Crippen molar-refractivity contribution >= 4 is 5.91 Å². The molecule has 3 heterocycles. The Hall–Kier alpha value is -1.29. The number of hydrogen-bond acceptors (Lipinski definition) is 2. The average molecular weight is 289 g/mol. The second-order valence-electron chi connectivity index (χ2n) is 6.59. The van der Waals surface area contributed by atoms with Crippen LogP contribution in [-0.2, 0) is 11.3 Å². The fourth-order valence-corrected chi connectivity index (χ4v) is 4.11. The lowest BCUT2D eigenvalue weighted by Gasteiger charge is -2.41. The van der Waals surface area contributed by atoms with Crippen LogP contribution in [0.1, 0.15) is 57.0 Å². The first-order valence-corrected chi connectivity index (χ1v) is 8.31. The van der Waals surface area contributed by atoms with E-state index in [0.29, 0.717) is 5.91 Å². The van der Waals surface area contributed by atoms with Crippen molar-refractivity contribution < 1.29 is 4.79 Å². The molecule has 0 radical (unpaired) electrons. The Kier molecular flexibility index (Phi) is 3.82. The van der Waals surface area contributed by atoms with Crippen LogP contribution in [0.15, 0.2) is 12.1 Å². The lowest BCUT2D eigenvalue weighted by atomic mass is 9.89. The van der Waals surface area contributed by atoms with Gasteiger partial charge in [0.15, 0.2) is 0 Å². The van der Waals surface area contributed by atoms with E-state index < -0.39 is 0 Å².